The molecule has 0 atom stereocenters. The van der Waals surface area contributed by atoms with Gasteiger partial charge in [0.1, 0.15) is 5.69 Å². The second-order valence-corrected chi connectivity index (χ2v) is 5.04. The lowest BCUT2D eigenvalue weighted by Gasteiger charge is -2.11. The van der Waals surface area contributed by atoms with Gasteiger partial charge in [-0.05, 0) is 23.1 Å². The minimum Gasteiger partial charge on any atom is -0.477 e. The summed E-state index contributed by atoms with van der Waals surface area (Å²) < 4.78 is 1.27. The first-order chi connectivity index (χ1) is 9.49. The topological polar surface area (TPSA) is 59.3 Å². The quantitative estimate of drug-likeness (QED) is 0.930. The van der Waals surface area contributed by atoms with Gasteiger partial charge in [-0.2, -0.15) is 0 Å². The van der Waals surface area contributed by atoms with E-state index in [-0.39, 0.29) is 17.8 Å². The van der Waals surface area contributed by atoms with Crippen LogP contribution in [0, 0.1) is 0 Å². The van der Waals surface area contributed by atoms with E-state index in [2.05, 4.69) is 13.8 Å². The van der Waals surface area contributed by atoms with Gasteiger partial charge in [0.15, 0.2) is 0 Å². The summed E-state index contributed by atoms with van der Waals surface area (Å²) in [7, 11) is 0. The summed E-state index contributed by atoms with van der Waals surface area (Å²) in [6, 6.07) is 12.1. The zero-order valence-corrected chi connectivity index (χ0v) is 11.5. The minimum absolute atomic E-state index is 0.00503. The first kappa shape index (κ1) is 14.1. The Morgan fingerprint density at radius 2 is 1.80 bits per heavy atom. The van der Waals surface area contributed by atoms with E-state index in [4.69, 9.17) is 5.11 Å². The number of hydrogen-bond acceptors (Lipinski definition) is 2. The van der Waals surface area contributed by atoms with E-state index < -0.39 is 5.97 Å². The van der Waals surface area contributed by atoms with Crippen molar-refractivity contribution < 1.29 is 9.90 Å². The molecular weight excluding hydrogens is 254 g/mol. The molecule has 0 saturated carbocycles. The van der Waals surface area contributed by atoms with Crippen molar-refractivity contribution in [2.45, 2.75) is 26.3 Å². The second-order valence-electron chi connectivity index (χ2n) is 5.04. The summed E-state index contributed by atoms with van der Waals surface area (Å²) in [4.78, 5) is 23.0. The van der Waals surface area contributed by atoms with E-state index in [1.54, 1.807) is 0 Å². The summed E-state index contributed by atoms with van der Waals surface area (Å²) in [6.45, 7) is 4.48. The van der Waals surface area contributed by atoms with Crippen molar-refractivity contribution in [1.29, 1.82) is 0 Å². The van der Waals surface area contributed by atoms with Gasteiger partial charge in [0.05, 0.1) is 6.54 Å². The number of carboxylic acids is 1. The monoisotopic (exact) mass is 271 g/mol. The predicted molar refractivity (Wildman–Crippen MR) is 77.3 cm³/mol. The van der Waals surface area contributed by atoms with Gasteiger partial charge in [-0.1, -0.05) is 44.2 Å². The van der Waals surface area contributed by atoms with Crippen molar-refractivity contribution in [3.63, 3.8) is 0 Å². The molecule has 0 fully saturated rings. The van der Waals surface area contributed by atoms with Crippen LogP contribution < -0.4 is 5.56 Å². The fourth-order valence-electron chi connectivity index (χ4n) is 2.06. The first-order valence-corrected chi connectivity index (χ1v) is 6.51. The van der Waals surface area contributed by atoms with Gasteiger partial charge in [0.25, 0.3) is 5.56 Å². The lowest BCUT2D eigenvalue weighted by Crippen LogP contribution is -2.25. The van der Waals surface area contributed by atoms with Crippen LogP contribution in [-0.2, 0) is 6.54 Å². The summed E-state index contributed by atoms with van der Waals surface area (Å²) in [5.74, 6) is -0.653. The van der Waals surface area contributed by atoms with Crippen LogP contribution in [0.5, 0.6) is 0 Å². The molecule has 0 saturated heterocycles. The molecule has 0 amide bonds. The molecule has 20 heavy (non-hydrogen) atoms. The summed E-state index contributed by atoms with van der Waals surface area (Å²) in [6.07, 6.45) is 0. The van der Waals surface area contributed by atoms with Crippen LogP contribution in [-0.4, -0.2) is 15.6 Å². The lowest BCUT2D eigenvalue weighted by molar-refractivity contribution is 0.0684. The number of carboxylic acid groups (broad SMARTS) is 1. The van der Waals surface area contributed by atoms with Crippen molar-refractivity contribution in [2.75, 3.05) is 0 Å². The number of aromatic nitrogens is 1. The highest BCUT2D eigenvalue weighted by Gasteiger charge is 2.10. The fraction of sp³-hybridized carbons (Fsp3) is 0.250. The number of hydrogen-bond donors (Lipinski definition) is 1. The maximum Gasteiger partial charge on any atom is 0.352 e. The molecule has 1 aromatic heterocycles. The summed E-state index contributed by atoms with van der Waals surface area (Å²) in [5, 5.41) is 9.13. The Morgan fingerprint density at radius 3 is 2.35 bits per heavy atom. The number of carbonyl (C=O) groups is 1. The van der Waals surface area contributed by atoms with Crippen LogP contribution in [0.15, 0.2) is 47.3 Å². The van der Waals surface area contributed by atoms with Crippen molar-refractivity contribution in [3.05, 3.63) is 69.6 Å². The molecule has 0 aliphatic carbocycles. The molecule has 2 rings (SSSR count). The van der Waals surface area contributed by atoms with Crippen LogP contribution in [0.1, 0.15) is 41.4 Å². The van der Waals surface area contributed by atoms with Gasteiger partial charge < -0.3 is 5.11 Å². The van der Waals surface area contributed by atoms with Crippen LogP contribution in [0.25, 0.3) is 0 Å². The highest BCUT2D eigenvalue weighted by molar-refractivity contribution is 5.85. The highest BCUT2D eigenvalue weighted by Crippen LogP contribution is 2.15. The highest BCUT2D eigenvalue weighted by atomic mass is 16.4. The first-order valence-electron chi connectivity index (χ1n) is 6.51. The van der Waals surface area contributed by atoms with Gasteiger partial charge in [-0.25, -0.2) is 4.79 Å². The molecule has 0 aliphatic rings. The molecule has 0 spiro atoms. The van der Waals surface area contributed by atoms with Gasteiger partial charge >= 0.3 is 5.97 Å². The third-order valence-corrected chi connectivity index (χ3v) is 3.26. The smallest absolute Gasteiger partial charge is 0.352 e. The summed E-state index contributed by atoms with van der Waals surface area (Å²) in [5.41, 5.74) is 1.82. The standard InChI is InChI=1S/C16H17NO3/c1-11(2)13-8-6-12(7-9-13)10-17-14(16(19)20)4-3-5-15(17)18/h3-9,11H,10H2,1-2H3,(H,19,20). The average Bonchev–Trinajstić information content (AvgIpc) is 2.41. The largest absolute Gasteiger partial charge is 0.477 e. The second kappa shape index (κ2) is 5.74. The SMILES string of the molecule is CC(C)c1ccc(Cn2c(C(=O)O)cccc2=O)cc1. The fourth-order valence-corrected chi connectivity index (χ4v) is 2.06. The molecular formula is C16H17NO3. The zero-order chi connectivity index (χ0) is 14.7. The minimum atomic E-state index is -1.10. The Morgan fingerprint density at radius 1 is 1.15 bits per heavy atom. The number of aromatic carboxylic acids is 1. The molecule has 4 nitrogen and oxygen atoms in total. The number of nitrogens with zero attached hydrogens (tertiary/aromatic N) is 1. The van der Waals surface area contributed by atoms with Crippen LogP contribution in [0.2, 0.25) is 0 Å². The Bertz CT molecular complexity index is 669. The summed E-state index contributed by atoms with van der Waals surface area (Å²) >= 11 is 0. The normalized spacial score (nSPS) is 10.8. The van der Waals surface area contributed by atoms with Crippen molar-refractivity contribution in [2.24, 2.45) is 0 Å². The molecule has 0 radical (unpaired) electrons. The van der Waals surface area contributed by atoms with Crippen LogP contribution >= 0.6 is 0 Å². The van der Waals surface area contributed by atoms with Crippen LogP contribution in [0.4, 0.5) is 0 Å². The van der Waals surface area contributed by atoms with Gasteiger partial charge in [-0.15, -0.1) is 0 Å². The molecule has 104 valence electrons. The maximum atomic E-state index is 11.8. The van der Waals surface area contributed by atoms with Crippen molar-refractivity contribution in [3.8, 4) is 0 Å². The molecule has 1 N–H and O–H groups in total. The molecule has 1 heterocycles. The van der Waals surface area contributed by atoms with E-state index in [0.29, 0.717) is 5.92 Å². The van der Waals surface area contributed by atoms with E-state index >= 15 is 0 Å². The Hall–Kier alpha value is -2.36. The molecule has 4 heteroatoms. The van der Waals surface area contributed by atoms with E-state index in [0.717, 1.165) is 5.56 Å². The maximum absolute atomic E-state index is 11.8. The van der Waals surface area contributed by atoms with E-state index in [1.807, 2.05) is 24.3 Å². The Kier molecular flexibility index (Phi) is 4.03. The van der Waals surface area contributed by atoms with E-state index in [9.17, 15) is 9.59 Å². The lowest BCUT2D eigenvalue weighted by atomic mass is 10.0. The van der Waals surface area contributed by atoms with Gasteiger partial charge in [0, 0.05) is 6.07 Å². The van der Waals surface area contributed by atoms with Crippen molar-refractivity contribution >= 4 is 5.97 Å². The molecule has 1 aromatic carbocycles. The Labute approximate surface area is 117 Å². The predicted octanol–water partition coefficient (Wildman–Crippen LogP) is 2.72. The van der Waals surface area contributed by atoms with Crippen LogP contribution in [0.3, 0.4) is 0 Å². The number of pyridine rings is 1. The Balaban J connectivity index is 2.35. The van der Waals surface area contributed by atoms with Gasteiger partial charge in [-0.3, -0.25) is 9.36 Å². The molecule has 2 aromatic rings. The zero-order valence-electron chi connectivity index (χ0n) is 11.5. The number of benzene rings is 1. The third-order valence-electron chi connectivity index (χ3n) is 3.26. The van der Waals surface area contributed by atoms with Crippen molar-refractivity contribution in [1.82, 2.24) is 4.57 Å². The average molecular weight is 271 g/mol. The third kappa shape index (κ3) is 2.96. The molecule has 0 unspecified atom stereocenters. The number of rotatable bonds is 4. The molecule has 0 aliphatic heterocycles. The van der Waals surface area contributed by atoms with Gasteiger partial charge in [0.2, 0.25) is 0 Å². The van der Waals surface area contributed by atoms with E-state index in [1.165, 1.54) is 28.3 Å². The molecule has 0 bridgehead atoms.